The normalized spacial score (nSPS) is 23.7. The van der Waals surface area contributed by atoms with Crippen LogP contribution < -0.4 is 0 Å². The van der Waals surface area contributed by atoms with E-state index in [1.807, 2.05) is 39.0 Å². The average Bonchev–Trinajstić information content (AvgIpc) is 4.24. The van der Waals surface area contributed by atoms with Crippen LogP contribution in [0.25, 0.3) is 33.9 Å². The van der Waals surface area contributed by atoms with Gasteiger partial charge in [0.2, 0.25) is 0 Å². The van der Waals surface area contributed by atoms with Crippen molar-refractivity contribution in [2.75, 3.05) is 13.2 Å². The minimum Gasteiger partial charge on any atom is -0.394 e. The predicted molar refractivity (Wildman–Crippen MR) is 266 cm³/mol. The summed E-state index contributed by atoms with van der Waals surface area (Å²) in [7, 11) is 0. The van der Waals surface area contributed by atoms with Crippen LogP contribution in [0.1, 0.15) is 64.3 Å². The Bertz CT molecular complexity index is 3420. The lowest BCUT2D eigenvalue weighted by molar-refractivity contribution is -0.210. The fourth-order valence-corrected chi connectivity index (χ4v) is 9.71. The number of rotatable bonds is 10. The van der Waals surface area contributed by atoms with E-state index in [-0.39, 0.29) is 38.6 Å². The highest BCUT2D eigenvalue weighted by atomic mass is 79.9. The van der Waals surface area contributed by atoms with Gasteiger partial charge in [0.25, 0.3) is 0 Å². The van der Waals surface area contributed by atoms with Crippen molar-refractivity contribution in [1.82, 2.24) is 59.5 Å². The van der Waals surface area contributed by atoms with E-state index in [1.165, 1.54) is 33.9 Å². The van der Waals surface area contributed by atoms with Crippen molar-refractivity contribution >= 4 is 39.1 Å². The predicted octanol–water partition coefficient (Wildman–Crippen LogP) is 6.01. The Morgan fingerprint density at radius 1 is 0.605 bits per heavy atom. The Balaban J connectivity index is 0.000000186. The van der Waals surface area contributed by atoms with Gasteiger partial charge in [-0.25, -0.2) is 46.3 Å². The molecule has 0 unspecified atom stereocenters. The van der Waals surface area contributed by atoms with Crippen LogP contribution in [-0.4, -0.2) is 140 Å². The van der Waals surface area contributed by atoms with Crippen LogP contribution in [-0.2, 0) is 9.47 Å². The second-order valence-corrected chi connectivity index (χ2v) is 19.9. The molecule has 2 saturated heterocycles. The Labute approximate surface area is 447 Å². The molecule has 0 saturated carbocycles. The molecule has 27 heteroatoms. The quantitative estimate of drug-likeness (QED) is 0.0677. The first-order chi connectivity index (χ1) is 36.2. The maximum Gasteiger partial charge on any atom is 0.173 e. The van der Waals surface area contributed by atoms with E-state index in [1.54, 1.807) is 36.7 Å². The maximum atomic E-state index is 14.6. The zero-order chi connectivity index (χ0) is 54.6. The third-order valence-corrected chi connectivity index (χ3v) is 14.2. The zero-order valence-corrected chi connectivity index (χ0v) is 43.7. The van der Waals surface area contributed by atoms with E-state index < -0.39 is 102 Å². The summed E-state index contributed by atoms with van der Waals surface area (Å²) in [6.45, 7) is 7.92. The molecule has 10 atom stereocenters. The molecule has 2 aliphatic rings. The van der Waals surface area contributed by atoms with Gasteiger partial charge in [-0.1, -0.05) is 51.8 Å². The van der Waals surface area contributed by atoms with Crippen LogP contribution in [0, 0.1) is 57.9 Å². The molecule has 8 aromatic rings. The van der Waals surface area contributed by atoms with Gasteiger partial charge in [-0.15, -0.1) is 10.2 Å². The van der Waals surface area contributed by atoms with Crippen molar-refractivity contribution in [3.8, 4) is 33.9 Å². The van der Waals surface area contributed by atoms with E-state index in [9.17, 15) is 48.2 Å². The Hall–Kier alpha value is -6.10. The highest BCUT2D eigenvalue weighted by Gasteiger charge is 2.50. The number of halogens is 7. The monoisotopic (exact) mass is 1160 g/mol. The summed E-state index contributed by atoms with van der Waals surface area (Å²) in [5.74, 6) is -2.88. The molecule has 4 aromatic carbocycles. The molecule has 0 spiro atoms. The summed E-state index contributed by atoms with van der Waals surface area (Å²) in [5.41, 5.74) is 4.01. The SMILES string of the molecule is Cc1ccc(C)c(-n2nc(C)nc2[C@@H]2O[C@H](CO)[C@H](O)[C@H](n3cc(-c4cc(F)c(Cl)c(F)c4)nn3)[C@H]2O)c1.Cc1nc([C@@H]2O[C@H](CO)[C@H](O)[C@H](n3cc(-c4ccc(Br)c(F)c4F)nn3)[C@H]2O)n(-c2cc(Cl)ccc2C)n1. The molecule has 20 nitrogen and oxygen atoms in total. The summed E-state index contributed by atoms with van der Waals surface area (Å²) in [5, 5.41) is 89.4. The summed E-state index contributed by atoms with van der Waals surface area (Å²) in [4.78, 5) is 8.95. The van der Waals surface area contributed by atoms with Crippen LogP contribution in [0.5, 0.6) is 0 Å². The van der Waals surface area contributed by atoms with Crippen molar-refractivity contribution in [1.29, 1.82) is 0 Å². The van der Waals surface area contributed by atoms with Gasteiger partial charge in [0.1, 0.15) is 101 Å². The van der Waals surface area contributed by atoms with E-state index in [0.29, 0.717) is 22.4 Å². The molecule has 0 bridgehead atoms. The molecule has 0 amide bonds. The zero-order valence-electron chi connectivity index (χ0n) is 40.6. The van der Waals surface area contributed by atoms with Crippen LogP contribution >= 0.6 is 39.1 Å². The molecule has 0 radical (unpaired) electrons. The lowest BCUT2D eigenvalue weighted by Crippen LogP contribution is -2.53. The van der Waals surface area contributed by atoms with Gasteiger partial charge in [0, 0.05) is 16.1 Å². The number of aryl methyl sites for hydroxylation is 5. The van der Waals surface area contributed by atoms with Gasteiger partial charge in [0.05, 0.1) is 41.5 Å². The number of nitrogens with zero attached hydrogens (tertiary/aromatic N) is 12. The molecular formula is C49H47BrCl2F4N12O8. The van der Waals surface area contributed by atoms with Crippen LogP contribution in [0.15, 0.2) is 77.5 Å². The first-order valence-corrected chi connectivity index (χ1v) is 24.8. The van der Waals surface area contributed by atoms with Crippen LogP contribution in [0.2, 0.25) is 10.0 Å². The number of aliphatic hydroxyl groups is 6. The highest BCUT2D eigenvalue weighted by Crippen LogP contribution is 2.41. The second-order valence-electron chi connectivity index (χ2n) is 18.2. The minimum atomic E-state index is -1.46. The van der Waals surface area contributed by atoms with E-state index in [0.717, 1.165) is 39.2 Å². The Kier molecular flexibility index (Phi) is 15.9. The summed E-state index contributed by atoms with van der Waals surface area (Å²) >= 11 is 14.7. The van der Waals surface area contributed by atoms with E-state index in [4.69, 9.17) is 32.7 Å². The third-order valence-electron chi connectivity index (χ3n) is 13.0. The largest absolute Gasteiger partial charge is 0.394 e. The molecule has 76 heavy (non-hydrogen) atoms. The third kappa shape index (κ3) is 10.4. The molecule has 400 valence electrons. The first-order valence-electron chi connectivity index (χ1n) is 23.3. The number of aliphatic hydroxyl groups excluding tert-OH is 6. The molecule has 10 rings (SSSR count). The van der Waals surface area contributed by atoms with Crippen LogP contribution in [0.3, 0.4) is 0 Å². The molecule has 0 aliphatic carbocycles. The van der Waals surface area contributed by atoms with Gasteiger partial charge in [-0.3, -0.25) is 0 Å². The summed E-state index contributed by atoms with van der Waals surface area (Å²) in [6.07, 6.45) is -7.67. The minimum absolute atomic E-state index is 0.0227. The van der Waals surface area contributed by atoms with Crippen molar-refractivity contribution in [2.45, 2.75) is 95.5 Å². The Morgan fingerprint density at radius 2 is 1.09 bits per heavy atom. The topological polar surface area (TPSA) is 263 Å². The van der Waals surface area contributed by atoms with Crippen molar-refractivity contribution in [2.24, 2.45) is 0 Å². The molecular weight excluding hydrogens is 1110 g/mol. The van der Waals surface area contributed by atoms with Gasteiger partial charge >= 0.3 is 0 Å². The van der Waals surface area contributed by atoms with E-state index >= 15 is 0 Å². The highest BCUT2D eigenvalue weighted by molar-refractivity contribution is 9.10. The number of hydrogen-bond acceptors (Lipinski definition) is 16. The Morgan fingerprint density at radius 3 is 1.62 bits per heavy atom. The summed E-state index contributed by atoms with van der Waals surface area (Å²) < 4.78 is 73.9. The number of aromatic nitrogens is 12. The second kappa shape index (κ2) is 22.1. The molecule has 6 heterocycles. The number of ether oxygens (including phenoxy) is 2. The van der Waals surface area contributed by atoms with Crippen molar-refractivity contribution < 1.29 is 57.7 Å². The standard InChI is InChI=1S/C25H25ClF2N6O4.C24H22BrClF2N6O4/c1-11-4-5-12(2)18(6-11)34-25(29-13(3)31-34)24-23(37)21(22(36)19(10-35)38-24)33-9-17(30-32-33)14-7-15(27)20(26)16(28)8-14;1-10-3-4-12(26)7-16(10)34-24(29-11(2)31-34)23-22(37)20(21(36)17(9-35)38-23)33-8-15(30-32-33)13-5-6-14(25)19(28)18(13)27/h4-9,19,21-24,35-37H,10H2,1-3H3;3-8,17,20-23,35-37H,9H2,1-2H3/t19-,21+,22+,23-,24-;17-,20+,21+,22-,23-/m11/s1. The first kappa shape index (κ1) is 54.7. The smallest absolute Gasteiger partial charge is 0.173 e. The molecule has 2 fully saturated rings. The van der Waals surface area contributed by atoms with Gasteiger partial charge < -0.3 is 40.1 Å². The van der Waals surface area contributed by atoms with Gasteiger partial charge in [-0.05, 0) is 110 Å². The lowest BCUT2D eigenvalue weighted by Gasteiger charge is -2.41. The van der Waals surface area contributed by atoms with Crippen molar-refractivity contribution in [3.63, 3.8) is 0 Å². The molecule has 4 aromatic heterocycles. The average molecular weight is 1160 g/mol. The number of benzene rings is 4. The molecule has 6 N–H and O–H groups in total. The lowest BCUT2D eigenvalue weighted by atomic mass is 9.92. The maximum absolute atomic E-state index is 14.6. The van der Waals surface area contributed by atoms with Crippen molar-refractivity contribution in [3.05, 3.63) is 151 Å². The summed E-state index contributed by atoms with van der Waals surface area (Å²) in [6, 6.07) is 13.4. The fourth-order valence-electron chi connectivity index (χ4n) is 9.13. The fraction of sp³-hybridized carbons (Fsp3) is 0.347. The molecule has 2 aliphatic heterocycles. The van der Waals surface area contributed by atoms with E-state index in [2.05, 4.69) is 56.7 Å². The number of hydrogen-bond donors (Lipinski definition) is 6. The van der Waals surface area contributed by atoms with Gasteiger partial charge in [0.15, 0.2) is 23.3 Å². The van der Waals surface area contributed by atoms with Crippen LogP contribution in [0.4, 0.5) is 17.6 Å². The van der Waals surface area contributed by atoms with Gasteiger partial charge in [-0.2, -0.15) is 10.2 Å².